The van der Waals surface area contributed by atoms with Crippen molar-refractivity contribution in [3.05, 3.63) is 0 Å². The summed E-state index contributed by atoms with van der Waals surface area (Å²) in [6.45, 7) is 2.18. The molecule has 8 N–H and O–H groups in total. The molecule has 0 aromatic carbocycles. The third-order valence-electron chi connectivity index (χ3n) is 1.01. The SMILES string of the molecule is COCOCCNCC#N.N#CCNN.NN. The van der Waals surface area contributed by atoms with Crippen molar-refractivity contribution in [3.63, 3.8) is 0 Å². The van der Waals surface area contributed by atoms with Crippen molar-refractivity contribution < 1.29 is 9.47 Å². The molecule has 0 aliphatic carbocycles. The summed E-state index contributed by atoms with van der Waals surface area (Å²) in [7, 11) is 1.57. The van der Waals surface area contributed by atoms with Gasteiger partial charge in [0.25, 0.3) is 0 Å². The largest absolute Gasteiger partial charge is 0.359 e. The molecule has 0 aliphatic heterocycles. The van der Waals surface area contributed by atoms with E-state index < -0.39 is 0 Å². The lowest BCUT2D eigenvalue weighted by Gasteiger charge is -2.00. The molecular weight excluding hydrogens is 226 g/mol. The van der Waals surface area contributed by atoms with E-state index >= 15 is 0 Å². The molecule has 0 aliphatic rings. The zero-order valence-corrected chi connectivity index (χ0v) is 9.98. The van der Waals surface area contributed by atoms with Gasteiger partial charge in [0.05, 0.1) is 31.8 Å². The summed E-state index contributed by atoms with van der Waals surface area (Å²) in [6.07, 6.45) is 0. The maximum absolute atomic E-state index is 8.09. The first-order chi connectivity index (χ1) is 8.33. The molecule has 0 fully saturated rings. The molecular formula is C8H21N7O2. The highest BCUT2D eigenvalue weighted by Gasteiger charge is 1.84. The van der Waals surface area contributed by atoms with Crippen LogP contribution < -0.4 is 28.3 Å². The zero-order valence-electron chi connectivity index (χ0n) is 9.98. The lowest BCUT2D eigenvalue weighted by Crippen LogP contribution is -2.21. The van der Waals surface area contributed by atoms with Crippen molar-refractivity contribution in [1.29, 1.82) is 10.5 Å². The van der Waals surface area contributed by atoms with Gasteiger partial charge in [-0.2, -0.15) is 10.5 Å². The Labute approximate surface area is 101 Å². The Morgan fingerprint density at radius 3 is 2.12 bits per heavy atom. The van der Waals surface area contributed by atoms with Crippen molar-refractivity contribution in [2.24, 2.45) is 17.5 Å². The average molecular weight is 247 g/mol. The number of hydrazine groups is 2. The fourth-order valence-electron chi connectivity index (χ4n) is 0.477. The highest BCUT2D eigenvalue weighted by molar-refractivity contribution is 4.72. The summed E-state index contributed by atoms with van der Waals surface area (Å²) in [4.78, 5) is 0. The maximum atomic E-state index is 8.09. The first-order valence-corrected chi connectivity index (χ1v) is 4.61. The van der Waals surface area contributed by atoms with Gasteiger partial charge in [-0.15, -0.1) is 0 Å². The molecule has 0 rings (SSSR count). The molecule has 0 atom stereocenters. The zero-order chi connectivity index (χ0) is 13.8. The topological polar surface area (TPSA) is 168 Å². The normalized spacial score (nSPS) is 7.65. The van der Waals surface area contributed by atoms with Crippen LogP contribution in [0.15, 0.2) is 0 Å². The minimum atomic E-state index is 0.222. The first kappa shape index (κ1) is 21.0. The predicted molar refractivity (Wildman–Crippen MR) is 62.5 cm³/mol. The van der Waals surface area contributed by atoms with Gasteiger partial charge in [0.15, 0.2) is 0 Å². The molecule has 17 heavy (non-hydrogen) atoms. The van der Waals surface area contributed by atoms with Gasteiger partial charge in [-0.3, -0.25) is 17.5 Å². The molecule has 0 spiro atoms. The van der Waals surface area contributed by atoms with Gasteiger partial charge < -0.3 is 14.8 Å². The van der Waals surface area contributed by atoms with E-state index in [0.29, 0.717) is 26.5 Å². The van der Waals surface area contributed by atoms with Crippen LogP contribution in [0.4, 0.5) is 0 Å². The van der Waals surface area contributed by atoms with E-state index in [1.54, 1.807) is 13.2 Å². The summed E-state index contributed by atoms with van der Waals surface area (Å²) in [5, 5.41) is 18.6. The van der Waals surface area contributed by atoms with E-state index in [4.69, 9.17) is 15.3 Å². The Morgan fingerprint density at radius 2 is 1.76 bits per heavy atom. The highest BCUT2D eigenvalue weighted by atomic mass is 16.7. The van der Waals surface area contributed by atoms with E-state index in [1.165, 1.54) is 0 Å². The lowest BCUT2D eigenvalue weighted by molar-refractivity contribution is -0.0287. The molecule has 0 bridgehead atoms. The Bertz CT molecular complexity index is 189. The van der Waals surface area contributed by atoms with Crippen LogP contribution in [-0.2, 0) is 9.47 Å². The smallest absolute Gasteiger partial charge is 0.146 e. The molecule has 0 amide bonds. The van der Waals surface area contributed by atoms with Crippen LogP contribution in [0.3, 0.4) is 0 Å². The van der Waals surface area contributed by atoms with Crippen LogP contribution >= 0.6 is 0 Å². The standard InChI is InChI=1S/C6H12N2O2.C2H5N3.H4N2/c1-9-6-10-5-4-8-3-2-7;3-1-2-5-4;1-2/h8H,3-6H2,1H3;5H,2,4H2;1-2H2. The maximum Gasteiger partial charge on any atom is 0.146 e. The predicted octanol–water partition coefficient (Wildman–Crippen LogP) is -2.49. The molecule has 100 valence electrons. The molecule has 0 aromatic rings. The van der Waals surface area contributed by atoms with Crippen LogP contribution in [-0.4, -0.2) is 40.1 Å². The van der Waals surface area contributed by atoms with Gasteiger partial charge in [0, 0.05) is 13.7 Å². The fraction of sp³-hybridized carbons (Fsp3) is 0.750. The molecule has 0 heterocycles. The summed E-state index contributed by atoms with van der Waals surface area (Å²) < 4.78 is 9.57. The van der Waals surface area contributed by atoms with Gasteiger partial charge >= 0.3 is 0 Å². The fourth-order valence-corrected chi connectivity index (χ4v) is 0.477. The monoisotopic (exact) mass is 247 g/mol. The Balaban J connectivity index is -0.000000236. The van der Waals surface area contributed by atoms with Crippen LogP contribution in [0.25, 0.3) is 0 Å². The molecule has 0 radical (unpaired) electrons. The molecule has 0 saturated heterocycles. The minimum absolute atomic E-state index is 0.222. The Morgan fingerprint density at radius 1 is 1.18 bits per heavy atom. The van der Waals surface area contributed by atoms with Gasteiger partial charge in [-0.1, -0.05) is 0 Å². The van der Waals surface area contributed by atoms with Crippen LogP contribution in [0.2, 0.25) is 0 Å². The number of nitrogens with zero attached hydrogens (tertiary/aromatic N) is 2. The number of nitrogens with two attached hydrogens (primary N) is 3. The second kappa shape index (κ2) is 29.3. The third kappa shape index (κ3) is 40.0. The van der Waals surface area contributed by atoms with Crippen molar-refractivity contribution in [1.82, 2.24) is 10.7 Å². The van der Waals surface area contributed by atoms with Gasteiger partial charge in [0.1, 0.15) is 6.79 Å². The quantitative estimate of drug-likeness (QED) is 0.107. The van der Waals surface area contributed by atoms with Gasteiger partial charge in [-0.25, -0.2) is 5.43 Å². The highest BCUT2D eigenvalue weighted by Crippen LogP contribution is 1.71. The Hall–Kier alpha value is -1.30. The molecule has 0 saturated carbocycles. The summed E-state index contributed by atoms with van der Waals surface area (Å²) in [6, 6.07) is 3.74. The van der Waals surface area contributed by atoms with E-state index in [9.17, 15) is 0 Å². The lowest BCUT2D eigenvalue weighted by atomic mass is 10.6. The van der Waals surface area contributed by atoms with Crippen molar-refractivity contribution in [2.45, 2.75) is 0 Å². The number of rotatable bonds is 7. The third-order valence-corrected chi connectivity index (χ3v) is 1.01. The number of hydrogen-bond acceptors (Lipinski definition) is 9. The summed E-state index contributed by atoms with van der Waals surface area (Å²) in [5.41, 5.74) is 2.16. The van der Waals surface area contributed by atoms with E-state index in [0.717, 1.165) is 0 Å². The van der Waals surface area contributed by atoms with E-state index in [-0.39, 0.29) is 6.54 Å². The number of methoxy groups -OCH3 is 1. The number of nitrogens with one attached hydrogen (secondary N) is 2. The summed E-state index contributed by atoms with van der Waals surface area (Å²) in [5.74, 6) is 12.7. The van der Waals surface area contributed by atoms with E-state index in [1.807, 2.05) is 6.07 Å². The average Bonchev–Trinajstić information content (AvgIpc) is 2.38. The number of nitriles is 2. The molecule has 9 heteroatoms. The van der Waals surface area contributed by atoms with E-state index in [2.05, 4.69) is 33.0 Å². The second-order valence-electron chi connectivity index (χ2n) is 2.19. The number of hydrogen-bond donors (Lipinski definition) is 5. The second-order valence-corrected chi connectivity index (χ2v) is 2.19. The summed E-state index contributed by atoms with van der Waals surface area (Å²) >= 11 is 0. The van der Waals surface area contributed by atoms with Crippen molar-refractivity contribution >= 4 is 0 Å². The Kier molecular flexibility index (Phi) is 36.3. The first-order valence-electron chi connectivity index (χ1n) is 4.61. The van der Waals surface area contributed by atoms with Crippen LogP contribution in [0.5, 0.6) is 0 Å². The van der Waals surface area contributed by atoms with Gasteiger partial charge in [-0.05, 0) is 0 Å². The molecule has 9 nitrogen and oxygen atoms in total. The molecule has 0 unspecified atom stereocenters. The van der Waals surface area contributed by atoms with Crippen molar-refractivity contribution in [3.8, 4) is 12.1 Å². The number of ether oxygens (including phenoxy) is 2. The minimum Gasteiger partial charge on any atom is -0.359 e. The van der Waals surface area contributed by atoms with Crippen molar-refractivity contribution in [2.75, 3.05) is 40.1 Å². The molecule has 0 aromatic heterocycles. The van der Waals surface area contributed by atoms with Crippen LogP contribution in [0, 0.1) is 22.7 Å². The van der Waals surface area contributed by atoms with Gasteiger partial charge in [0.2, 0.25) is 0 Å². The van der Waals surface area contributed by atoms with Crippen LogP contribution in [0.1, 0.15) is 0 Å².